The first-order chi connectivity index (χ1) is 10.6. The molecule has 1 aromatic heterocycles. The van der Waals surface area contributed by atoms with Gasteiger partial charge in [0, 0.05) is 11.6 Å². The van der Waals surface area contributed by atoms with Gasteiger partial charge in [-0.25, -0.2) is 0 Å². The summed E-state index contributed by atoms with van der Waals surface area (Å²) in [6, 6.07) is 15.5. The zero-order valence-electron chi connectivity index (χ0n) is 12.7. The molecule has 1 amide bonds. The number of rotatable bonds is 4. The predicted octanol–water partition coefficient (Wildman–Crippen LogP) is 3.88. The second-order valence-electron chi connectivity index (χ2n) is 5.58. The maximum atomic E-state index is 12.4. The zero-order valence-corrected chi connectivity index (χ0v) is 12.7. The monoisotopic (exact) mass is 294 g/mol. The molecule has 22 heavy (non-hydrogen) atoms. The van der Waals surface area contributed by atoms with Crippen molar-refractivity contribution in [3.05, 3.63) is 65.5 Å². The van der Waals surface area contributed by atoms with Crippen LogP contribution in [0.3, 0.4) is 0 Å². The maximum absolute atomic E-state index is 12.4. The molecule has 4 heteroatoms. The van der Waals surface area contributed by atoms with Crippen molar-refractivity contribution in [1.29, 1.82) is 0 Å². The average molecular weight is 294 g/mol. The minimum atomic E-state index is -0.112. The molecular weight excluding hydrogens is 276 g/mol. The van der Waals surface area contributed by atoms with E-state index in [1.54, 1.807) is 0 Å². The van der Waals surface area contributed by atoms with E-state index in [1.165, 1.54) is 0 Å². The summed E-state index contributed by atoms with van der Waals surface area (Å²) in [5.74, 6) is 0.864. The molecule has 0 unspecified atom stereocenters. The van der Waals surface area contributed by atoms with E-state index >= 15 is 0 Å². The van der Waals surface area contributed by atoms with Crippen molar-refractivity contribution in [2.24, 2.45) is 0 Å². The first-order valence-corrected chi connectivity index (χ1v) is 7.36. The predicted molar refractivity (Wildman–Crippen MR) is 85.7 cm³/mol. The van der Waals surface area contributed by atoms with Gasteiger partial charge in [0.1, 0.15) is 0 Å². The number of hydrogen-bond acceptors (Lipinski definition) is 3. The van der Waals surface area contributed by atoms with Gasteiger partial charge >= 0.3 is 0 Å². The van der Waals surface area contributed by atoms with E-state index in [9.17, 15) is 4.79 Å². The number of amides is 1. The highest BCUT2D eigenvalue weighted by Gasteiger charge is 2.12. The minimum absolute atomic E-state index is 0.112. The lowest BCUT2D eigenvalue weighted by Crippen LogP contribution is -2.22. The van der Waals surface area contributed by atoms with Crippen LogP contribution in [-0.2, 0) is 6.54 Å². The highest BCUT2D eigenvalue weighted by atomic mass is 16.5. The van der Waals surface area contributed by atoms with Crippen molar-refractivity contribution in [2.75, 3.05) is 0 Å². The molecule has 0 saturated carbocycles. The van der Waals surface area contributed by atoms with E-state index in [0.717, 1.165) is 16.5 Å². The molecule has 3 aromatic rings. The number of benzene rings is 2. The lowest BCUT2D eigenvalue weighted by atomic mass is 10.0. The molecule has 0 saturated heterocycles. The molecule has 0 fully saturated rings. The summed E-state index contributed by atoms with van der Waals surface area (Å²) in [6.45, 7) is 4.44. The molecule has 0 atom stereocenters. The Bertz CT molecular complexity index is 800. The van der Waals surface area contributed by atoms with Gasteiger partial charge < -0.3 is 9.84 Å². The Balaban J connectivity index is 1.76. The van der Waals surface area contributed by atoms with Crippen molar-refractivity contribution in [2.45, 2.75) is 26.3 Å². The Kier molecular flexibility index (Phi) is 3.92. The van der Waals surface area contributed by atoms with Crippen LogP contribution >= 0.6 is 0 Å². The number of nitrogens with one attached hydrogen (secondary N) is 1. The molecule has 0 aliphatic heterocycles. The summed E-state index contributed by atoms with van der Waals surface area (Å²) in [7, 11) is 0. The van der Waals surface area contributed by atoms with Crippen molar-refractivity contribution in [3.63, 3.8) is 0 Å². The normalized spacial score (nSPS) is 11.0. The lowest BCUT2D eigenvalue weighted by molar-refractivity contribution is 0.0948. The maximum Gasteiger partial charge on any atom is 0.252 e. The van der Waals surface area contributed by atoms with Gasteiger partial charge in [-0.15, -0.1) is 0 Å². The molecule has 0 aliphatic rings. The molecule has 0 radical (unpaired) electrons. The molecule has 0 spiro atoms. The van der Waals surface area contributed by atoms with Gasteiger partial charge in [0.05, 0.1) is 12.2 Å². The molecule has 3 rings (SSSR count). The largest absolute Gasteiger partial charge is 0.359 e. The van der Waals surface area contributed by atoms with Gasteiger partial charge in [-0.05, 0) is 22.8 Å². The van der Waals surface area contributed by atoms with Crippen molar-refractivity contribution in [1.82, 2.24) is 10.5 Å². The molecular formula is C18H18N2O2. The third-order valence-electron chi connectivity index (χ3n) is 3.63. The number of nitrogens with zero attached hydrogens (tertiary/aromatic N) is 1. The first-order valence-electron chi connectivity index (χ1n) is 7.36. The van der Waals surface area contributed by atoms with Gasteiger partial charge in [0.2, 0.25) is 0 Å². The lowest BCUT2D eigenvalue weighted by Gasteiger charge is -2.06. The van der Waals surface area contributed by atoms with Crippen LogP contribution in [0, 0.1) is 0 Å². The zero-order chi connectivity index (χ0) is 15.5. The Morgan fingerprint density at radius 2 is 1.95 bits per heavy atom. The summed E-state index contributed by atoms with van der Waals surface area (Å²) < 4.78 is 5.23. The van der Waals surface area contributed by atoms with E-state index in [0.29, 0.717) is 23.8 Å². The van der Waals surface area contributed by atoms with Crippen molar-refractivity contribution >= 4 is 16.7 Å². The highest BCUT2D eigenvalue weighted by Crippen LogP contribution is 2.19. The fraction of sp³-hybridized carbons (Fsp3) is 0.222. The Morgan fingerprint density at radius 1 is 1.18 bits per heavy atom. The van der Waals surface area contributed by atoms with E-state index in [4.69, 9.17) is 4.52 Å². The average Bonchev–Trinajstić information content (AvgIpc) is 3.01. The van der Waals surface area contributed by atoms with Crippen LogP contribution in [0.2, 0.25) is 0 Å². The number of hydrogen-bond donors (Lipinski definition) is 1. The van der Waals surface area contributed by atoms with Crippen LogP contribution in [0.1, 0.15) is 41.6 Å². The molecule has 112 valence electrons. The fourth-order valence-corrected chi connectivity index (χ4v) is 2.37. The van der Waals surface area contributed by atoms with E-state index in [-0.39, 0.29) is 5.91 Å². The third-order valence-corrected chi connectivity index (χ3v) is 3.63. The summed E-state index contributed by atoms with van der Waals surface area (Å²) in [4.78, 5) is 12.4. The standard InChI is InChI=1S/C18H18N2O2/c1-12(2)17-10-14(22-20-17)11-19-18(21)16-9-5-7-13-6-3-4-8-15(13)16/h3-10,12H,11H2,1-2H3,(H,19,21). The molecule has 0 bridgehead atoms. The van der Waals surface area contributed by atoms with Crippen molar-refractivity contribution in [3.8, 4) is 0 Å². The quantitative estimate of drug-likeness (QED) is 0.794. The van der Waals surface area contributed by atoms with E-state index in [1.807, 2.05) is 48.5 Å². The van der Waals surface area contributed by atoms with Gasteiger partial charge in [-0.2, -0.15) is 0 Å². The number of fused-ring (bicyclic) bond motifs is 1. The van der Waals surface area contributed by atoms with E-state index in [2.05, 4.69) is 24.3 Å². The number of aromatic nitrogens is 1. The molecule has 4 nitrogen and oxygen atoms in total. The van der Waals surface area contributed by atoms with Crippen LogP contribution in [-0.4, -0.2) is 11.1 Å². The van der Waals surface area contributed by atoms with Crippen LogP contribution in [0.25, 0.3) is 10.8 Å². The van der Waals surface area contributed by atoms with Gasteiger partial charge in [0.15, 0.2) is 5.76 Å². The Labute approximate surface area is 129 Å². The summed E-state index contributed by atoms with van der Waals surface area (Å²) in [6.07, 6.45) is 0. The third kappa shape index (κ3) is 2.86. The van der Waals surface area contributed by atoms with Gasteiger partial charge in [0.25, 0.3) is 5.91 Å². The van der Waals surface area contributed by atoms with E-state index < -0.39 is 0 Å². The second kappa shape index (κ2) is 6.02. The highest BCUT2D eigenvalue weighted by molar-refractivity contribution is 6.06. The number of carbonyl (C=O) groups is 1. The molecule has 2 aromatic carbocycles. The Morgan fingerprint density at radius 3 is 2.73 bits per heavy atom. The van der Waals surface area contributed by atoms with Crippen LogP contribution in [0.5, 0.6) is 0 Å². The van der Waals surface area contributed by atoms with Crippen LogP contribution in [0.4, 0.5) is 0 Å². The SMILES string of the molecule is CC(C)c1cc(CNC(=O)c2cccc3ccccc23)on1. The fourth-order valence-electron chi connectivity index (χ4n) is 2.37. The number of carbonyl (C=O) groups excluding carboxylic acids is 1. The van der Waals surface area contributed by atoms with Gasteiger partial charge in [-0.1, -0.05) is 55.4 Å². The second-order valence-corrected chi connectivity index (χ2v) is 5.58. The topological polar surface area (TPSA) is 55.1 Å². The summed E-state index contributed by atoms with van der Waals surface area (Å²) in [5.41, 5.74) is 1.57. The molecule has 1 heterocycles. The minimum Gasteiger partial charge on any atom is -0.359 e. The molecule has 1 N–H and O–H groups in total. The van der Waals surface area contributed by atoms with Crippen LogP contribution < -0.4 is 5.32 Å². The van der Waals surface area contributed by atoms with Crippen molar-refractivity contribution < 1.29 is 9.32 Å². The van der Waals surface area contributed by atoms with Gasteiger partial charge in [-0.3, -0.25) is 4.79 Å². The Hall–Kier alpha value is -2.62. The summed E-state index contributed by atoms with van der Waals surface area (Å²) >= 11 is 0. The summed E-state index contributed by atoms with van der Waals surface area (Å²) in [5, 5.41) is 8.88. The van der Waals surface area contributed by atoms with Crippen LogP contribution in [0.15, 0.2) is 53.1 Å². The smallest absolute Gasteiger partial charge is 0.252 e. The molecule has 0 aliphatic carbocycles. The first kappa shape index (κ1) is 14.3.